The highest BCUT2D eigenvalue weighted by molar-refractivity contribution is 4.79. The summed E-state index contributed by atoms with van der Waals surface area (Å²) in [6.45, 7) is 8.05. The van der Waals surface area contributed by atoms with Crippen molar-refractivity contribution in [2.24, 2.45) is 5.92 Å². The maximum absolute atomic E-state index is 9.85. The second-order valence-corrected chi connectivity index (χ2v) is 5.35. The Morgan fingerprint density at radius 3 is 2.27 bits per heavy atom. The molecule has 2 N–H and O–H groups in total. The molecule has 5 unspecified atom stereocenters. The van der Waals surface area contributed by atoms with Crippen LogP contribution >= 0.6 is 0 Å². The monoisotopic (exact) mass is 216 g/mol. The van der Waals surface area contributed by atoms with Crippen LogP contribution in [0.15, 0.2) is 0 Å². The molecule has 1 aliphatic heterocycles. The van der Waals surface area contributed by atoms with Crippen LogP contribution < -0.4 is 0 Å². The number of aliphatic hydroxyl groups is 2. The molecule has 0 saturated carbocycles. The van der Waals surface area contributed by atoms with Crippen molar-refractivity contribution in [3.05, 3.63) is 0 Å². The quantitative estimate of drug-likeness (QED) is 0.691. The Balaban J connectivity index is 2.74. The highest BCUT2D eigenvalue weighted by Gasteiger charge is 2.41. The van der Waals surface area contributed by atoms with Gasteiger partial charge in [0, 0.05) is 12.8 Å². The van der Waals surface area contributed by atoms with Crippen LogP contribution in [0, 0.1) is 5.92 Å². The van der Waals surface area contributed by atoms with E-state index in [0.29, 0.717) is 5.92 Å². The first-order valence-corrected chi connectivity index (χ1v) is 6.11. The highest BCUT2D eigenvalue weighted by Crippen LogP contribution is 2.31. The number of hydrogen-bond acceptors (Lipinski definition) is 2. The summed E-state index contributed by atoms with van der Waals surface area (Å²) in [5.41, 5.74) is 0. The van der Waals surface area contributed by atoms with Gasteiger partial charge in [0.2, 0.25) is 0 Å². The minimum Gasteiger partial charge on any atom is -0.393 e. The second-order valence-electron chi connectivity index (χ2n) is 5.35. The van der Waals surface area contributed by atoms with Gasteiger partial charge in [-0.3, -0.25) is 0 Å². The lowest BCUT2D eigenvalue weighted by molar-refractivity contribution is -0.941. The first kappa shape index (κ1) is 12.9. The summed E-state index contributed by atoms with van der Waals surface area (Å²) >= 11 is 0. The van der Waals surface area contributed by atoms with Crippen LogP contribution in [0.25, 0.3) is 0 Å². The number of aliphatic hydroxyl groups excluding tert-OH is 2. The summed E-state index contributed by atoms with van der Waals surface area (Å²) < 4.78 is 0.945. The van der Waals surface area contributed by atoms with Crippen molar-refractivity contribution in [3.63, 3.8) is 0 Å². The fourth-order valence-corrected chi connectivity index (χ4v) is 2.86. The Morgan fingerprint density at radius 2 is 1.87 bits per heavy atom. The van der Waals surface area contributed by atoms with E-state index in [-0.39, 0.29) is 18.2 Å². The number of hydrogen-bond donors (Lipinski definition) is 2. The lowest BCUT2D eigenvalue weighted by atomic mass is 9.83. The molecule has 1 rings (SSSR count). The van der Waals surface area contributed by atoms with Gasteiger partial charge in [-0.15, -0.1) is 0 Å². The fourth-order valence-electron chi connectivity index (χ4n) is 2.86. The average molecular weight is 216 g/mol. The van der Waals surface area contributed by atoms with Crippen LogP contribution in [0.1, 0.15) is 33.6 Å². The molecule has 0 aliphatic carbocycles. The zero-order valence-electron chi connectivity index (χ0n) is 10.5. The van der Waals surface area contributed by atoms with Crippen molar-refractivity contribution in [3.8, 4) is 0 Å². The molecule has 1 heterocycles. The normalized spacial score (nSPS) is 41.2. The van der Waals surface area contributed by atoms with Crippen LogP contribution in [-0.4, -0.2) is 53.1 Å². The number of likely N-dealkylation sites (tertiary alicyclic amines) is 1. The largest absolute Gasteiger partial charge is 0.393 e. The number of likely N-dealkylation sites (N-methyl/N-ethyl adjacent to an activating group) is 1. The maximum atomic E-state index is 9.85. The predicted octanol–water partition coefficient (Wildman–Crippen LogP) is 0.993. The first-order chi connectivity index (χ1) is 6.90. The fraction of sp³-hybridized carbons (Fsp3) is 1.00. The van der Waals surface area contributed by atoms with E-state index in [1.165, 1.54) is 0 Å². The summed E-state index contributed by atoms with van der Waals surface area (Å²) in [6.07, 6.45) is 1.50. The Bertz CT molecular complexity index is 206. The van der Waals surface area contributed by atoms with Crippen molar-refractivity contribution < 1.29 is 14.7 Å². The standard InChI is InChI=1S/C12H26NO2/c1-5-13(4)7-6-11(9(2)14)8-12(13)10(3)15/h9-12,14-15H,5-8H2,1-4H3/q+1. The molecule has 90 valence electrons. The molecular formula is C12H26NO2+. The Morgan fingerprint density at radius 1 is 1.27 bits per heavy atom. The van der Waals surface area contributed by atoms with E-state index in [9.17, 15) is 10.2 Å². The summed E-state index contributed by atoms with van der Waals surface area (Å²) in [7, 11) is 2.22. The molecule has 3 heteroatoms. The molecular weight excluding hydrogens is 190 g/mol. The zero-order chi connectivity index (χ0) is 11.6. The molecule has 1 fully saturated rings. The third-order valence-corrected chi connectivity index (χ3v) is 4.32. The van der Waals surface area contributed by atoms with Crippen LogP contribution in [0.5, 0.6) is 0 Å². The minimum atomic E-state index is -0.281. The smallest absolute Gasteiger partial charge is 0.115 e. The van der Waals surface area contributed by atoms with E-state index in [1.807, 2.05) is 13.8 Å². The van der Waals surface area contributed by atoms with Gasteiger partial charge in [-0.2, -0.15) is 0 Å². The van der Waals surface area contributed by atoms with Gasteiger partial charge in [-0.05, 0) is 26.7 Å². The van der Waals surface area contributed by atoms with Gasteiger partial charge in [-0.1, -0.05) is 0 Å². The number of quaternary nitrogens is 1. The summed E-state index contributed by atoms with van der Waals surface area (Å²) in [4.78, 5) is 0. The van der Waals surface area contributed by atoms with E-state index in [4.69, 9.17) is 0 Å². The van der Waals surface area contributed by atoms with E-state index < -0.39 is 0 Å². The molecule has 5 atom stereocenters. The van der Waals surface area contributed by atoms with Crippen molar-refractivity contribution in [2.45, 2.75) is 51.9 Å². The van der Waals surface area contributed by atoms with E-state index in [1.54, 1.807) is 0 Å². The van der Waals surface area contributed by atoms with Crippen LogP contribution in [0.4, 0.5) is 0 Å². The average Bonchev–Trinajstić information content (AvgIpc) is 2.17. The van der Waals surface area contributed by atoms with Crippen molar-refractivity contribution >= 4 is 0 Å². The van der Waals surface area contributed by atoms with E-state index >= 15 is 0 Å². The van der Waals surface area contributed by atoms with Crippen LogP contribution in [0.2, 0.25) is 0 Å². The molecule has 1 aliphatic rings. The Kier molecular flexibility index (Phi) is 4.15. The summed E-state index contributed by atoms with van der Waals surface area (Å²) in [5.74, 6) is 0.363. The molecule has 0 bridgehead atoms. The lowest BCUT2D eigenvalue weighted by Crippen LogP contribution is -2.61. The van der Waals surface area contributed by atoms with Crippen LogP contribution in [-0.2, 0) is 0 Å². The third kappa shape index (κ3) is 2.71. The van der Waals surface area contributed by atoms with Gasteiger partial charge in [-0.25, -0.2) is 0 Å². The van der Waals surface area contributed by atoms with Gasteiger partial charge < -0.3 is 14.7 Å². The molecule has 0 aromatic carbocycles. The molecule has 3 nitrogen and oxygen atoms in total. The molecule has 0 amide bonds. The second kappa shape index (κ2) is 4.81. The summed E-state index contributed by atoms with van der Waals surface area (Å²) in [5, 5.41) is 19.5. The molecule has 0 aromatic heterocycles. The van der Waals surface area contributed by atoms with Gasteiger partial charge >= 0.3 is 0 Å². The number of rotatable bonds is 3. The number of piperidine rings is 1. The topological polar surface area (TPSA) is 40.5 Å². The SMILES string of the molecule is CC[N+]1(C)CCC(C(C)O)CC1C(C)O. The van der Waals surface area contributed by atoms with Gasteiger partial charge in [0.05, 0.1) is 26.2 Å². The van der Waals surface area contributed by atoms with E-state index in [2.05, 4.69) is 14.0 Å². The van der Waals surface area contributed by atoms with Gasteiger partial charge in [0.15, 0.2) is 0 Å². The molecule has 0 aromatic rings. The zero-order valence-corrected chi connectivity index (χ0v) is 10.5. The predicted molar refractivity (Wildman–Crippen MR) is 61.5 cm³/mol. The third-order valence-electron chi connectivity index (χ3n) is 4.32. The lowest BCUT2D eigenvalue weighted by Gasteiger charge is -2.48. The van der Waals surface area contributed by atoms with Crippen molar-refractivity contribution in [1.82, 2.24) is 0 Å². The summed E-state index contributed by atoms with van der Waals surface area (Å²) in [6, 6.07) is 0.281. The first-order valence-electron chi connectivity index (χ1n) is 6.11. The molecule has 0 spiro atoms. The Labute approximate surface area is 93.3 Å². The Hall–Kier alpha value is -0.120. The van der Waals surface area contributed by atoms with Gasteiger partial charge in [0.25, 0.3) is 0 Å². The minimum absolute atomic E-state index is 0.239. The maximum Gasteiger partial charge on any atom is 0.115 e. The molecule has 1 saturated heterocycles. The number of nitrogens with zero attached hydrogens (tertiary/aromatic N) is 1. The molecule has 0 radical (unpaired) electrons. The molecule has 15 heavy (non-hydrogen) atoms. The van der Waals surface area contributed by atoms with Crippen molar-refractivity contribution in [2.75, 3.05) is 20.1 Å². The highest BCUT2D eigenvalue weighted by atomic mass is 16.3. The van der Waals surface area contributed by atoms with Crippen molar-refractivity contribution in [1.29, 1.82) is 0 Å². The van der Waals surface area contributed by atoms with Gasteiger partial charge in [0.1, 0.15) is 12.1 Å². The van der Waals surface area contributed by atoms with Crippen LogP contribution in [0.3, 0.4) is 0 Å². The van der Waals surface area contributed by atoms with E-state index in [0.717, 1.165) is 30.4 Å².